The van der Waals surface area contributed by atoms with E-state index >= 15 is 0 Å². The number of rotatable bonds is 6. The van der Waals surface area contributed by atoms with Crippen molar-refractivity contribution in [2.45, 2.75) is 19.4 Å². The maximum absolute atomic E-state index is 10.7. The highest BCUT2D eigenvalue weighted by molar-refractivity contribution is 9.10. The molecule has 0 aromatic heterocycles. The maximum atomic E-state index is 10.7. The van der Waals surface area contributed by atoms with Gasteiger partial charge in [0.2, 0.25) is 0 Å². The van der Waals surface area contributed by atoms with Crippen molar-refractivity contribution in [3.05, 3.63) is 28.2 Å². The van der Waals surface area contributed by atoms with Gasteiger partial charge < -0.3 is 14.6 Å². The lowest BCUT2D eigenvalue weighted by atomic mass is 10.1. The smallest absolute Gasteiger partial charge is 0.344 e. The molecule has 4 nitrogen and oxygen atoms in total. The third kappa shape index (κ3) is 4.36. The molecule has 0 saturated heterocycles. The summed E-state index contributed by atoms with van der Waals surface area (Å²) in [4.78, 5) is 10.7. The number of ether oxygens (including phenoxy) is 2. The summed E-state index contributed by atoms with van der Waals surface area (Å²) < 4.78 is 11.3. The van der Waals surface area contributed by atoms with Gasteiger partial charge in [0.05, 0.1) is 6.61 Å². The van der Waals surface area contributed by atoms with Crippen molar-refractivity contribution in [2.24, 2.45) is 0 Å². The molecule has 0 spiro atoms. The van der Waals surface area contributed by atoms with Crippen LogP contribution in [0.2, 0.25) is 0 Å². The Morgan fingerprint density at radius 1 is 1.53 bits per heavy atom. The highest BCUT2D eigenvalue weighted by Gasteiger charge is 2.14. The van der Waals surface area contributed by atoms with Crippen molar-refractivity contribution in [3.8, 4) is 5.75 Å². The maximum Gasteiger partial charge on any atom is 0.344 e. The van der Waals surface area contributed by atoms with E-state index in [1.54, 1.807) is 13.2 Å². The quantitative estimate of drug-likeness (QED) is 0.877. The Balaban J connectivity index is 2.85. The van der Waals surface area contributed by atoms with E-state index in [9.17, 15) is 4.79 Å². The number of methoxy groups -OCH3 is 1. The molecule has 0 aliphatic carbocycles. The summed E-state index contributed by atoms with van der Waals surface area (Å²) in [5.41, 5.74) is 0.925. The summed E-state index contributed by atoms with van der Waals surface area (Å²) in [6.07, 6.45) is -0.185. The fourth-order valence-corrected chi connectivity index (χ4v) is 1.72. The molecule has 1 aromatic carbocycles. The lowest BCUT2D eigenvalue weighted by Crippen LogP contribution is -2.23. The summed E-state index contributed by atoms with van der Waals surface area (Å²) in [5, 5.41) is 8.81. The van der Waals surface area contributed by atoms with Crippen molar-refractivity contribution < 1.29 is 19.4 Å². The van der Waals surface area contributed by atoms with Gasteiger partial charge in [-0.3, -0.25) is 0 Å². The lowest BCUT2D eigenvalue weighted by Gasteiger charge is -2.14. The Kier molecular flexibility index (Phi) is 5.44. The van der Waals surface area contributed by atoms with Gasteiger partial charge in [-0.05, 0) is 37.1 Å². The summed E-state index contributed by atoms with van der Waals surface area (Å²) in [7, 11) is 1.62. The molecular weight excluding hydrogens is 288 g/mol. The zero-order valence-electron chi connectivity index (χ0n) is 9.77. The van der Waals surface area contributed by atoms with Crippen molar-refractivity contribution in [3.63, 3.8) is 0 Å². The minimum absolute atomic E-state index is 0.564. The molecule has 0 heterocycles. The second-order valence-corrected chi connectivity index (χ2v) is 4.51. The van der Waals surface area contributed by atoms with Crippen LogP contribution in [0.3, 0.4) is 0 Å². The average molecular weight is 303 g/mol. The highest BCUT2D eigenvalue weighted by atomic mass is 79.9. The van der Waals surface area contributed by atoms with Gasteiger partial charge in [-0.2, -0.15) is 0 Å². The molecule has 94 valence electrons. The van der Waals surface area contributed by atoms with E-state index in [2.05, 4.69) is 15.9 Å². The molecule has 0 bridgehead atoms. The van der Waals surface area contributed by atoms with E-state index in [0.717, 1.165) is 10.0 Å². The first kappa shape index (κ1) is 14.0. The van der Waals surface area contributed by atoms with Crippen LogP contribution in [0.4, 0.5) is 0 Å². The summed E-state index contributed by atoms with van der Waals surface area (Å²) >= 11 is 3.37. The zero-order valence-corrected chi connectivity index (χ0v) is 11.4. The van der Waals surface area contributed by atoms with Crippen LogP contribution in [-0.4, -0.2) is 30.9 Å². The first-order valence-electron chi connectivity index (χ1n) is 5.21. The number of hydrogen-bond donors (Lipinski definition) is 1. The van der Waals surface area contributed by atoms with Gasteiger partial charge >= 0.3 is 5.97 Å². The first-order chi connectivity index (χ1) is 8.04. The third-order valence-electron chi connectivity index (χ3n) is 2.25. The van der Waals surface area contributed by atoms with Crippen molar-refractivity contribution in [1.29, 1.82) is 0 Å². The molecule has 0 aliphatic heterocycles. The SMILES string of the molecule is COCCc1cc(Br)ccc1O[C@@H](C)C(=O)O. The second-order valence-electron chi connectivity index (χ2n) is 3.59. The number of aliphatic carboxylic acids is 1. The predicted molar refractivity (Wildman–Crippen MR) is 67.4 cm³/mol. The van der Waals surface area contributed by atoms with E-state index in [-0.39, 0.29) is 0 Å². The summed E-state index contributed by atoms with van der Waals surface area (Å²) in [6.45, 7) is 2.07. The lowest BCUT2D eigenvalue weighted by molar-refractivity contribution is -0.144. The number of benzene rings is 1. The highest BCUT2D eigenvalue weighted by Crippen LogP contribution is 2.24. The van der Waals surface area contributed by atoms with Gasteiger partial charge in [0.15, 0.2) is 6.10 Å². The normalized spacial score (nSPS) is 12.2. The van der Waals surface area contributed by atoms with Gasteiger partial charge in [-0.15, -0.1) is 0 Å². The first-order valence-corrected chi connectivity index (χ1v) is 6.00. The number of carbonyl (C=O) groups is 1. The van der Waals surface area contributed by atoms with Gasteiger partial charge in [-0.1, -0.05) is 15.9 Å². The van der Waals surface area contributed by atoms with Gasteiger partial charge in [0.1, 0.15) is 5.75 Å². The van der Waals surface area contributed by atoms with Crippen molar-refractivity contribution in [1.82, 2.24) is 0 Å². The number of carboxylic acid groups (broad SMARTS) is 1. The largest absolute Gasteiger partial charge is 0.479 e. The Labute approximate surface area is 109 Å². The van der Waals surface area contributed by atoms with E-state index in [0.29, 0.717) is 18.8 Å². The molecule has 17 heavy (non-hydrogen) atoms. The van der Waals surface area contributed by atoms with Crippen LogP contribution in [0.1, 0.15) is 12.5 Å². The van der Waals surface area contributed by atoms with E-state index < -0.39 is 12.1 Å². The molecule has 0 saturated carbocycles. The third-order valence-corrected chi connectivity index (χ3v) is 2.74. The molecule has 1 rings (SSSR count). The van der Waals surface area contributed by atoms with Crippen LogP contribution in [0.5, 0.6) is 5.75 Å². The molecule has 0 radical (unpaired) electrons. The second kappa shape index (κ2) is 6.61. The molecule has 0 amide bonds. The number of carboxylic acids is 1. The molecular formula is C12H15BrO4. The van der Waals surface area contributed by atoms with Crippen LogP contribution in [0, 0.1) is 0 Å². The summed E-state index contributed by atoms with van der Waals surface area (Å²) in [5.74, 6) is -0.397. The van der Waals surface area contributed by atoms with Gasteiger partial charge in [-0.25, -0.2) is 4.79 Å². The molecule has 1 N–H and O–H groups in total. The van der Waals surface area contributed by atoms with E-state index in [1.165, 1.54) is 6.92 Å². The van der Waals surface area contributed by atoms with Crippen molar-refractivity contribution >= 4 is 21.9 Å². The minimum Gasteiger partial charge on any atom is -0.479 e. The molecule has 0 fully saturated rings. The summed E-state index contributed by atoms with van der Waals surface area (Å²) in [6, 6.07) is 5.48. The fourth-order valence-electron chi connectivity index (χ4n) is 1.31. The minimum atomic E-state index is -0.981. The van der Waals surface area contributed by atoms with Crippen LogP contribution in [0.15, 0.2) is 22.7 Å². The predicted octanol–water partition coefficient (Wildman–Crippen LogP) is 2.49. The molecule has 1 aromatic rings. The van der Waals surface area contributed by atoms with Crippen LogP contribution >= 0.6 is 15.9 Å². The Morgan fingerprint density at radius 3 is 2.82 bits per heavy atom. The Bertz CT molecular complexity index is 392. The monoisotopic (exact) mass is 302 g/mol. The zero-order chi connectivity index (χ0) is 12.8. The Hall–Kier alpha value is -1.07. The molecule has 0 aliphatic rings. The molecule has 0 unspecified atom stereocenters. The van der Waals surface area contributed by atoms with Crippen LogP contribution in [0.25, 0.3) is 0 Å². The molecule has 1 atom stereocenters. The van der Waals surface area contributed by atoms with Crippen molar-refractivity contribution in [2.75, 3.05) is 13.7 Å². The van der Waals surface area contributed by atoms with Gasteiger partial charge in [0, 0.05) is 11.6 Å². The Morgan fingerprint density at radius 2 is 2.24 bits per heavy atom. The van der Waals surface area contributed by atoms with E-state index in [1.807, 2.05) is 12.1 Å². The van der Waals surface area contributed by atoms with Crippen LogP contribution < -0.4 is 4.74 Å². The number of hydrogen-bond acceptors (Lipinski definition) is 3. The van der Waals surface area contributed by atoms with E-state index in [4.69, 9.17) is 14.6 Å². The fraction of sp³-hybridized carbons (Fsp3) is 0.417. The van der Waals surface area contributed by atoms with Crippen LogP contribution in [-0.2, 0) is 16.0 Å². The molecule has 5 heteroatoms. The topological polar surface area (TPSA) is 55.8 Å². The average Bonchev–Trinajstić information content (AvgIpc) is 2.29. The van der Waals surface area contributed by atoms with Gasteiger partial charge in [0.25, 0.3) is 0 Å². The number of halogens is 1. The standard InChI is InChI=1S/C12H15BrO4/c1-8(12(14)15)17-11-4-3-10(13)7-9(11)5-6-16-2/h3-4,7-8H,5-6H2,1-2H3,(H,14,15)/t8-/m0/s1.